The van der Waals surface area contributed by atoms with Crippen LogP contribution in [0, 0.1) is 36.5 Å². The smallest absolute Gasteiger partial charge is 0.158 e. The van der Waals surface area contributed by atoms with Crippen molar-refractivity contribution in [3.63, 3.8) is 0 Å². The molecule has 0 spiro atoms. The molecule has 1 N–H and O–H groups in total. The first kappa shape index (κ1) is 24.1. The SMILES string of the molecule is Cc1cc(N(CCOCCO)Cc2ccccc2)ccc1N=Nc1sc(C#N)c(C)c1C#N. The van der Waals surface area contributed by atoms with Crippen molar-refractivity contribution in [2.24, 2.45) is 10.2 Å². The van der Waals surface area contributed by atoms with Crippen LogP contribution in [0.5, 0.6) is 0 Å². The number of hydrogen-bond acceptors (Lipinski definition) is 8. The predicted molar refractivity (Wildman–Crippen MR) is 129 cm³/mol. The number of aliphatic hydroxyl groups excluding tert-OH is 1. The van der Waals surface area contributed by atoms with E-state index in [1.807, 2.05) is 37.3 Å². The van der Waals surface area contributed by atoms with Gasteiger partial charge in [0.25, 0.3) is 0 Å². The first-order valence-corrected chi connectivity index (χ1v) is 11.3. The number of azo groups is 1. The van der Waals surface area contributed by atoms with Gasteiger partial charge >= 0.3 is 0 Å². The van der Waals surface area contributed by atoms with Crippen LogP contribution in [0.25, 0.3) is 0 Å². The number of anilines is 1. The molecule has 0 fully saturated rings. The standard InChI is InChI=1S/C25H25N5O2S/c1-18-14-21(30(10-12-32-13-11-31)17-20-6-4-3-5-7-20)8-9-23(18)28-29-25-22(15-26)19(2)24(16-27)33-25/h3-9,14,31H,10-13,17H2,1-2H3. The molecule has 1 heterocycles. The Labute approximate surface area is 197 Å². The lowest BCUT2D eigenvalue weighted by atomic mass is 10.1. The summed E-state index contributed by atoms with van der Waals surface area (Å²) in [4.78, 5) is 2.70. The molecule has 8 heteroatoms. The van der Waals surface area contributed by atoms with E-state index in [9.17, 15) is 10.5 Å². The van der Waals surface area contributed by atoms with Crippen molar-refractivity contribution in [3.8, 4) is 12.1 Å². The Hall–Kier alpha value is -3.56. The van der Waals surface area contributed by atoms with Crippen LogP contribution >= 0.6 is 11.3 Å². The Morgan fingerprint density at radius 3 is 2.48 bits per heavy atom. The van der Waals surface area contributed by atoms with Gasteiger partial charge in [-0.1, -0.05) is 30.3 Å². The van der Waals surface area contributed by atoms with Crippen molar-refractivity contribution in [1.29, 1.82) is 10.5 Å². The molecule has 168 valence electrons. The summed E-state index contributed by atoms with van der Waals surface area (Å²) in [5.74, 6) is 0. The second-order valence-corrected chi connectivity index (χ2v) is 8.37. The van der Waals surface area contributed by atoms with E-state index in [1.165, 1.54) is 16.9 Å². The summed E-state index contributed by atoms with van der Waals surface area (Å²) in [7, 11) is 0. The highest BCUT2D eigenvalue weighted by Gasteiger charge is 2.15. The molecule has 0 saturated carbocycles. The molecule has 0 amide bonds. The van der Waals surface area contributed by atoms with Gasteiger partial charge in [0.05, 0.1) is 31.1 Å². The van der Waals surface area contributed by atoms with Crippen molar-refractivity contribution < 1.29 is 9.84 Å². The summed E-state index contributed by atoms with van der Waals surface area (Å²) in [6, 6.07) is 20.4. The quantitative estimate of drug-likeness (QED) is 0.317. The van der Waals surface area contributed by atoms with E-state index in [0.29, 0.717) is 46.5 Å². The van der Waals surface area contributed by atoms with Gasteiger partial charge in [0.1, 0.15) is 17.0 Å². The Kier molecular flexibility index (Phi) is 8.68. The van der Waals surface area contributed by atoms with Crippen molar-refractivity contribution in [2.45, 2.75) is 20.4 Å². The van der Waals surface area contributed by atoms with Crippen molar-refractivity contribution >= 4 is 27.7 Å². The van der Waals surface area contributed by atoms with Gasteiger partial charge in [-0.15, -0.1) is 21.6 Å². The van der Waals surface area contributed by atoms with E-state index in [4.69, 9.17) is 9.84 Å². The molecular formula is C25H25N5O2S. The van der Waals surface area contributed by atoms with E-state index in [-0.39, 0.29) is 6.61 Å². The maximum Gasteiger partial charge on any atom is 0.158 e. The zero-order valence-electron chi connectivity index (χ0n) is 18.7. The minimum atomic E-state index is 0.00460. The fourth-order valence-electron chi connectivity index (χ4n) is 3.30. The Bertz CT molecular complexity index is 1190. The summed E-state index contributed by atoms with van der Waals surface area (Å²) in [5.41, 5.74) is 4.89. The molecule has 0 unspecified atom stereocenters. The molecule has 7 nitrogen and oxygen atoms in total. The summed E-state index contributed by atoms with van der Waals surface area (Å²) in [6.45, 7) is 5.93. The number of thiophene rings is 1. The van der Waals surface area contributed by atoms with Gasteiger partial charge in [-0.2, -0.15) is 10.5 Å². The van der Waals surface area contributed by atoms with Gasteiger partial charge in [0, 0.05) is 18.8 Å². The van der Waals surface area contributed by atoms with Crippen molar-refractivity contribution in [1.82, 2.24) is 0 Å². The normalized spacial score (nSPS) is 10.8. The van der Waals surface area contributed by atoms with Gasteiger partial charge in [-0.3, -0.25) is 0 Å². The number of aliphatic hydroxyl groups is 1. The lowest BCUT2D eigenvalue weighted by Crippen LogP contribution is -2.27. The molecule has 3 rings (SSSR count). The number of benzene rings is 2. The minimum absolute atomic E-state index is 0.00460. The number of ether oxygens (including phenoxy) is 1. The first-order chi connectivity index (χ1) is 16.1. The summed E-state index contributed by atoms with van der Waals surface area (Å²) in [5, 5.41) is 36.6. The summed E-state index contributed by atoms with van der Waals surface area (Å²) >= 11 is 1.17. The van der Waals surface area contributed by atoms with Crippen LogP contribution < -0.4 is 4.90 Å². The zero-order chi connectivity index (χ0) is 23.6. The van der Waals surface area contributed by atoms with Gasteiger partial charge < -0.3 is 14.7 Å². The lowest BCUT2D eigenvalue weighted by Gasteiger charge is -2.25. The fourth-order valence-corrected chi connectivity index (χ4v) is 4.18. The van der Waals surface area contributed by atoms with Crippen LogP contribution in [0.4, 0.5) is 16.4 Å². The van der Waals surface area contributed by atoms with E-state index in [1.54, 1.807) is 6.92 Å². The monoisotopic (exact) mass is 459 g/mol. The number of aryl methyl sites for hydroxylation is 1. The molecule has 2 aromatic carbocycles. The Morgan fingerprint density at radius 2 is 1.82 bits per heavy atom. The molecule has 0 aliphatic carbocycles. The topological polar surface area (TPSA) is 105 Å². The Balaban J connectivity index is 1.82. The van der Waals surface area contributed by atoms with Crippen LogP contribution in [0.1, 0.15) is 27.1 Å². The Morgan fingerprint density at radius 1 is 1.03 bits per heavy atom. The minimum Gasteiger partial charge on any atom is -0.394 e. The van der Waals surface area contributed by atoms with Crippen LogP contribution in [0.2, 0.25) is 0 Å². The van der Waals surface area contributed by atoms with E-state index >= 15 is 0 Å². The lowest BCUT2D eigenvalue weighted by molar-refractivity contribution is 0.0965. The van der Waals surface area contributed by atoms with Crippen molar-refractivity contribution in [3.05, 3.63) is 75.7 Å². The molecular weight excluding hydrogens is 434 g/mol. The average Bonchev–Trinajstić information content (AvgIpc) is 3.15. The third-order valence-corrected chi connectivity index (χ3v) is 6.17. The molecule has 33 heavy (non-hydrogen) atoms. The largest absolute Gasteiger partial charge is 0.394 e. The molecule has 0 saturated heterocycles. The van der Waals surface area contributed by atoms with Crippen LogP contribution in [0.3, 0.4) is 0 Å². The third kappa shape index (κ3) is 6.24. The van der Waals surface area contributed by atoms with E-state index < -0.39 is 0 Å². The number of nitrogens with zero attached hydrogens (tertiary/aromatic N) is 5. The maximum absolute atomic E-state index is 9.40. The molecule has 3 aromatic rings. The summed E-state index contributed by atoms with van der Waals surface area (Å²) in [6.07, 6.45) is 0. The van der Waals surface area contributed by atoms with Crippen LogP contribution in [-0.2, 0) is 11.3 Å². The highest BCUT2D eigenvalue weighted by Crippen LogP contribution is 2.36. The second-order valence-electron chi connectivity index (χ2n) is 7.37. The number of rotatable bonds is 10. The molecule has 0 atom stereocenters. The van der Waals surface area contributed by atoms with Crippen LogP contribution in [0.15, 0.2) is 58.8 Å². The fraction of sp³-hybridized carbons (Fsp3) is 0.280. The van der Waals surface area contributed by atoms with Crippen molar-refractivity contribution in [2.75, 3.05) is 31.3 Å². The van der Waals surface area contributed by atoms with Gasteiger partial charge in [0.15, 0.2) is 5.00 Å². The maximum atomic E-state index is 9.40. The number of hydrogen-bond donors (Lipinski definition) is 1. The van der Waals surface area contributed by atoms with Crippen LogP contribution in [-0.4, -0.2) is 31.5 Å². The zero-order valence-corrected chi connectivity index (χ0v) is 19.5. The summed E-state index contributed by atoms with van der Waals surface area (Å²) < 4.78 is 5.48. The van der Waals surface area contributed by atoms with E-state index in [2.05, 4.69) is 45.5 Å². The third-order valence-electron chi connectivity index (χ3n) is 5.09. The first-order valence-electron chi connectivity index (χ1n) is 10.5. The number of nitriles is 2. The molecule has 0 bridgehead atoms. The molecule has 0 aliphatic rings. The predicted octanol–water partition coefficient (Wildman–Crippen LogP) is 5.54. The van der Waals surface area contributed by atoms with Gasteiger partial charge in [0.2, 0.25) is 0 Å². The highest BCUT2D eigenvalue weighted by molar-refractivity contribution is 7.16. The molecule has 0 aliphatic heterocycles. The van der Waals surface area contributed by atoms with Gasteiger partial charge in [-0.05, 0) is 48.7 Å². The average molecular weight is 460 g/mol. The molecule has 0 radical (unpaired) electrons. The molecule has 1 aromatic heterocycles. The second kappa shape index (κ2) is 11.9. The van der Waals surface area contributed by atoms with Gasteiger partial charge in [-0.25, -0.2) is 0 Å². The van der Waals surface area contributed by atoms with E-state index in [0.717, 1.165) is 17.8 Å². The highest BCUT2D eigenvalue weighted by atomic mass is 32.1.